The van der Waals surface area contributed by atoms with Crippen molar-refractivity contribution in [2.45, 2.75) is 12.8 Å². The van der Waals surface area contributed by atoms with Gasteiger partial charge < -0.3 is 19.7 Å². The molecule has 4 heterocycles. The molecule has 1 aliphatic heterocycles. The summed E-state index contributed by atoms with van der Waals surface area (Å²) in [5, 5.41) is 3.68. The number of hydrogen-bond donors (Lipinski definition) is 1. The van der Waals surface area contributed by atoms with Gasteiger partial charge in [-0.15, -0.1) is 0 Å². The van der Waals surface area contributed by atoms with Crippen molar-refractivity contribution < 1.29 is 27.4 Å². The molecular formula is C29H31F3N6O3. The Morgan fingerprint density at radius 2 is 1.76 bits per heavy atom. The van der Waals surface area contributed by atoms with Gasteiger partial charge in [0, 0.05) is 68.7 Å². The number of carbonyl (C=O) groups excluding carboxylic acids is 1. The molecule has 5 rings (SSSR count). The Kier molecular flexibility index (Phi) is 8.02. The molecule has 0 aliphatic carbocycles. The fourth-order valence-corrected chi connectivity index (χ4v) is 5.19. The number of hydrogen-bond acceptors (Lipinski definition) is 7. The molecule has 0 radical (unpaired) electrons. The summed E-state index contributed by atoms with van der Waals surface area (Å²) in [4.78, 5) is 24.7. The van der Waals surface area contributed by atoms with Gasteiger partial charge >= 0.3 is 0 Å². The van der Waals surface area contributed by atoms with Crippen molar-refractivity contribution in [2.75, 3.05) is 59.3 Å². The molecule has 0 unspecified atom stereocenters. The summed E-state index contributed by atoms with van der Waals surface area (Å²) in [6, 6.07) is 4.69. The summed E-state index contributed by atoms with van der Waals surface area (Å²) in [5.41, 5.74) is 1.84. The average Bonchev–Trinajstić information content (AvgIpc) is 3.41. The molecule has 0 saturated carbocycles. The second-order valence-electron chi connectivity index (χ2n) is 9.79. The summed E-state index contributed by atoms with van der Waals surface area (Å²) >= 11 is 0. The van der Waals surface area contributed by atoms with Crippen molar-refractivity contribution >= 4 is 28.3 Å². The van der Waals surface area contributed by atoms with Gasteiger partial charge in [-0.1, -0.05) is 6.58 Å². The standard InChI is InChI=1S/C29H31F3N6O3/c1-17(30)29(39)37-10-8-36(9-11-37)7-5-6-19-16-38-21-13-24(33-2)34-15-18(21)12-20(28(38)35-19)25-26(31)22(40-3)14-23(41-4)27(25)32/h12-16H,1,5-11H2,2-4H3,(H,33,34). The van der Waals surface area contributed by atoms with E-state index in [2.05, 4.69) is 21.8 Å². The molecule has 41 heavy (non-hydrogen) atoms. The van der Waals surface area contributed by atoms with E-state index < -0.39 is 23.4 Å². The minimum atomic E-state index is -0.943. The maximum Gasteiger partial charge on any atom is 0.282 e. The smallest absolute Gasteiger partial charge is 0.282 e. The van der Waals surface area contributed by atoms with E-state index in [1.807, 2.05) is 16.7 Å². The number of piperazine rings is 1. The second kappa shape index (κ2) is 11.7. The molecule has 4 aromatic rings. The van der Waals surface area contributed by atoms with Gasteiger partial charge in [-0.25, -0.2) is 23.1 Å². The number of carbonyl (C=O) groups is 1. The van der Waals surface area contributed by atoms with Crippen molar-refractivity contribution in [3.63, 3.8) is 0 Å². The zero-order valence-corrected chi connectivity index (χ0v) is 23.1. The minimum absolute atomic E-state index is 0.149. The molecule has 1 amide bonds. The van der Waals surface area contributed by atoms with Crippen LogP contribution < -0.4 is 14.8 Å². The second-order valence-corrected chi connectivity index (χ2v) is 9.79. The maximum absolute atomic E-state index is 15.6. The summed E-state index contributed by atoms with van der Waals surface area (Å²) < 4.78 is 56.5. The normalized spacial score (nSPS) is 14.0. The number of aromatic nitrogens is 3. The average molecular weight is 569 g/mol. The summed E-state index contributed by atoms with van der Waals surface area (Å²) in [5.74, 6) is -2.97. The van der Waals surface area contributed by atoms with E-state index in [1.54, 1.807) is 19.3 Å². The topological polar surface area (TPSA) is 84.2 Å². The van der Waals surface area contributed by atoms with Gasteiger partial charge in [-0.2, -0.15) is 0 Å². The number of halogens is 3. The Morgan fingerprint density at radius 3 is 2.37 bits per heavy atom. The highest BCUT2D eigenvalue weighted by Gasteiger charge is 2.26. The number of imidazole rings is 1. The van der Waals surface area contributed by atoms with Crippen LogP contribution in [0.4, 0.5) is 19.0 Å². The number of anilines is 1. The van der Waals surface area contributed by atoms with Crippen molar-refractivity contribution in [1.29, 1.82) is 0 Å². The molecule has 216 valence electrons. The number of ether oxygens (including phenoxy) is 2. The first-order chi connectivity index (χ1) is 19.7. The van der Waals surface area contributed by atoms with Crippen molar-refractivity contribution in [2.24, 2.45) is 0 Å². The van der Waals surface area contributed by atoms with E-state index in [9.17, 15) is 9.18 Å². The highest BCUT2D eigenvalue weighted by Crippen LogP contribution is 2.40. The summed E-state index contributed by atoms with van der Waals surface area (Å²) in [7, 11) is 4.37. The fraction of sp³-hybridized carbons (Fsp3) is 0.345. The Bertz CT molecular complexity index is 1600. The van der Waals surface area contributed by atoms with Gasteiger partial charge in [-0.3, -0.25) is 14.1 Å². The van der Waals surface area contributed by atoms with Crippen LogP contribution in [-0.2, 0) is 11.2 Å². The lowest BCUT2D eigenvalue weighted by atomic mass is 10.0. The molecule has 1 saturated heterocycles. The number of pyridine rings is 2. The number of nitrogens with one attached hydrogen (secondary N) is 1. The monoisotopic (exact) mass is 568 g/mol. The largest absolute Gasteiger partial charge is 0.494 e. The first-order valence-corrected chi connectivity index (χ1v) is 13.2. The maximum atomic E-state index is 15.6. The van der Waals surface area contributed by atoms with E-state index >= 15 is 8.78 Å². The van der Waals surface area contributed by atoms with Gasteiger partial charge in [0.05, 0.1) is 31.0 Å². The zero-order valence-electron chi connectivity index (χ0n) is 23.1. The molecule has 1 N–H and O–H groups in total. The molecule has 3 aromatic heterocycles. The molecule has 1 fully saturated rings. The van der Waals surface area contributed by atoms with E-state index in [-0.39, 0.29) is 22.6 Å². The summed E-state index contributed by atoms with van der Waals surface area (Å²) in [6.07, 6.45) is 4.89. The predicted octanol–water partition coefficient (Wildman–Crippen LogP) is 4.45. The first-order valence-electron chi connectivity index (χ1n) is 13.2. The minimum Gasteiger partial charge on any atom is -0.494 e. The third-order valence-electron chi connectivity index (χ3n) is 7.37. The van der Waals surface area contributed by atoms with Crippen LogP contribution in [0.15, 0.2) is 43.0 Å². The van der Waals surface area contributed by atoms with Crippen LogP contribution in [0, 0.1) is 11.6 Å². The van der Waals surface area contributed by atoms with E-state index in [4.69, 9.17) is 14.5 Å². The van der Waals surface area contributed by atoms with Gasteiger partial charge in [0.15, 0.2) is 29.0 Å². The van der Waals surface area contributed by atoms with Gasteiger partial charge in [0.1, 0.15) is 11.5 Å². The lowest BCUT2D eigenvalue weighted by Gasteiger charge is -2.34. The molecule has 12 heteroatoms. The fourth-order valence-electron chi connectivity index (χ4n) is 5.19. The predicted molar refractivity (Wildman–Crippen MR) is 150 cm³/mol. The molecule has 0 spiro atoms. The van der Waals surface area contributed by atoms with Crippen molar-refractivity contribution in [3.8, 4) is 22.6 Å². The highest BCUT2D eigenvalue weighted by atomic mass is 19.1. The SMILES string of the molecule is C=C(F)C(=O)N1CCN(CCCc2cn3c(n2)c(-c2c(F)c(OC)cc(OC)c2F)cc2cnc(NC)cc23)CC1. The number of aryl methyl sites for hydroxylation is 1. The van der Waals surface area contributed by atoms with Crippen LogP contribution in [0.25, 0.3) is 27.7 Å². The lowest BCUT2D eigenvalue weighted by molar-refractivity contribution is -0.130. The van der Waals surface area contributed by atoms with Crippen LogP contribution in [0.3, 0.4) is 0 Å². The molecule has 1 aromatic carbocycles. The van der Waals surface area contributed by atoms with Gasteiger partial charge in [0.25, 0.3) is 5.91 Å². The number of methoxy groups -OCH3 is 2. The first kappa shape index (κ1) is 28.2. The van der Waals surface area contributed by atoms with E-state index in [1.165, 1.54) is 25.2 Å². The number of benzene rings is 1. The van der Waals surface area contributed by atoms with Crippen LogP contribution in [-0.4, -0.2) is 84.1 Å². The molecule has 0 atom stereocenters. The van der Waals surface area contributed by atoms with Crippen LogP contribution in [0.2, 0.25) is 0 Å². The zero-order chi connectivity index (χ0) is 29.3. The van der Waals surface area contributed by atoms with E-state index in [0.717, 1.165) is 24.2 Å². The summed E-state index contributed by atoms with van der Waals surface area (Å²) in [6.45, 7) is 5.99. The number of amides is 1. The van der Waals surface area contributed by atoms with Crippen molar-refractivity contribution in [1.82, 2.24) is 24.2 Å². The number of fused-ring (bicyclic) bond motifs is 3. The highest BCUT2D eigenvalue weighted by molar-refractivity contribution is 5.93. The molecular weight excluding hydrogens is 537 g/mol. The van der Waals surface area contributed by atoms with Gasteiger partial charge in [-0.05, 0) is 25.5 Å². The van der Waals surface area contributed by atoms with Crippen LogP contribution >= 0.6 is 0 Å². The lowest BCUT2D eigenvalue weighted by Crippen LogP contribution is -2.48. The third kappa shape index (κ3) is 5.39. The third-order valence-corrected chi connectivity index (χ3v) is 7.37. The van der Waals surface area contributed by atoms with Crippen molar-refractivity contribution in [3.05, 3.63) is 60.3 Å². The molecule has 9 nitrogen and oxygen atoms in total. The van der Waals surface area contributed by atoms with Crippen LogP contribution in [0.5, 0.6) is 11.5 Å². The Labute approximate surface area is 235 Å². The number of rotatable bonds is 9. The Morgan fingerprint density at radius 1 is 1.07 bits per heavy atom. The van der Waals surface area contributed by atoms with Gasteiger partial charge in [0.2, 0.25) is 0 Å². The quantitative estimate of drug-likeness (QED) is 0.299. The molecule has 0 bridgehead atoms. The molecule has 1 aliphatic rings. The Hall–Kier alpha value is -4.32. The van der Waals surface area contributed by atoms with Crippen LogP contribution in [0.1, 0.15) is 12.1 Å². The Balaban J connectivity index is 1.48. The number of nitrogens with zero attached hydrogens (tertiary/aromatic N) is 5. The van der Waals surface area contributed by atoms with E-state index in [0.29, 0.717) is 49.5 Å².